The standard InChI is InChI=1S/C13H17NO3S3/c1-9-6-12(19-10(9)2)20(16,17)14-8-13(3,15)11-4-5-18-7-11/h4-7,14-15H,8H2,1-3H3. The van der Waals surface area contributed by atoms with Crippen LogP contribution in [0.2, 0.25) is 0 Å². The van der Waals surface area contributed by atoms with Gasteiger partial charge in [0, 0.05) is 11.4 Å². The van der Waals surface area contributed by atoms with E-state index in [2.05, 4.69) is 4.72 Å². The normalized spacial score (nSPS) is 15.2. The summed E-state index contributed by atoms with van der Waals surface area (Å²) in [6, 6.07) is 3.44. The highest BCUT2D eigenvalue weighted by molar-refractivity contribution is 7.91. The average molecular weight is 331 g/mol. The maximum atomic E-state index is 12.2. The van der Waals surface area contributed by atoms with Crippen LogP contribution >= 0.6 is 22.7 Å². The van der Waals surface area contributed by atoms with Gasteiger partial charge in [-0.05, 0) is 54.8 Å². The Morgan fingerprint density at radius 3 is 2.60 bits per heavy atom. The number of sulfonamides is 1. The zero-order valence-electron chi connectivity index (χ0n) is 11.5. The van der Waals surface area contributed by atoms with Crippen molar-refractivity contribution in [3.63, 3.8) is 0 Å². The fourth-order valence-corrected chi connectivity index (χ4v) is 5.13. The molecule has 0 aliphatic heterocycles. The first kappa shape index (κ1) is 15.7. The van der Waals surface area contributed by atoms with E-state index in [9.17, 15) is 13.5 Å². The van der Waals surface area contributed by atoms with E-state index in [1.54, 1.807) is 19.1 Å². The molecular weight excluding hydrogens is 314 g/mol. The number of aliphatic hydroxyl groups is 1. The van der Waals surface area contributed by atoms with Crippen LogP contribution in [0.3, 0.4) is 0 Å². The first-order valence-corrected chi connectivity index (χ1v) is 9.28. The Bertz CT molecular complexity index is 665. The molecule has 0 aliphatic carbocycles. The number of hydrogen-bond acceptors (Lipinski definition) is 5. The number of nitrogens with one attached hydrogen (secondary N) is 1. The highest BCUT2D eigenvalue weighted by atomic mass is 32.2. The van der Waals surface area contributed by atoms with Crippen LogP contribution in [0.4, 0.5) is 0 Å². The van der Waals surface area contributed by atoms with Gasteiger partial charge in [-0.2, -0.15) is 11.3 Å². The molecule has 110 valence electrons. The summed E-state index contributed by atoms with van der Waals surface area (Å²) in [5.41, 5.74) is 0.456. The summed E-state index contributed by atoms with van der Waals surface area (Å²) in [7, 11) is -3.57. The fourth-order valence-electron chi connectivity index (χ4n) is 1.65. The Balaban J connectivity index is 2.14. The molecule has 2 aromatic heterocycles. The third-order valence-corrected chi connectivity index (χ3v) is 6.87. The smallest absolute Gasteiger partial charge is 0.250 e. The Kier molecular flexibility index (Phi) is 4.36. The predicted octanol–water partition coefficient (Wildman–Crippen LogP) is 2.61. The summed E-state index contributed by atoms with van der Waals surface area (Å²) < 4.78 is 27.2. The second kappa shape index (κ2) is 5.57. The van der Waals surface area contributed by atoms with Gasteiger partial charge in [-0.1, -0.05) is 0 Å². The van der Waals surface area contributed by atoms with Crippen molar-refractivity contribution in [1.29, 1.82) is 0 Å². The van der Waals surface area contributed by atoms with Crippen LogP contribution in [0, 0.1) is 13.8 Å². The molecule has 0 amide bonds. The van der Waals surface area contributed by atoms with Crippen LogP contribution in [0.15, 0.2) is 27.1 Å². The third kappa shape index (κ3) is 3.29. The van der Waals surface area contributed by atoms with E-state index in [1.165, 1.54) is 22.7 Å². The Morgan fingerprint density at radius 2 is 2.10 bits per heavy atom. The molecule has 2 N–H and O–H groups in total. The molecule has 0 spiro atoms. The van der Waals surface area contributed by atoms with Crippen molar-refractivity contribution in [3.05, 3.63) is 38.9 Å². The monoisotopic (exact) mass is 331 g/mol. The first-order valence-electron chi connectivity index (χ1n) is 6.04. The summed E-state index contributed by atoms with van der Waals surface area (Å²) in [5.74, 6) is 0. The fraction of sp³-hybridized carbons (Fsp3) is 0.385. The van der Waals surface area contributed by atoms with Crippen molar-refractivity contribution in [3.8, 4) is 0 Å². The van der Waals surface area contributed by atoms with Gasteiger partial charge in [-0.15, -0.1) is 11.3 Å². The number of hydrogen-bond donors (Lipinski definition) is 2. The van der Waals surface area contributed by atoms with Gasteiger partial charge in [0.1, 0.15) is 9.81 Å². The minimum Gasteiger partial charge on any atom is -0.384 e. The van der Waals surface area contributed by atoms with E-state index in [0.717, 1.165) is 10.4 Å². The quantitative estimate of drug-likeness (QED) is 0.885. The van der Waals surface area contributed by atoms with Crippen molar-refractivity contribution >= 4 is 32.7 Å². The van der Waals surface area contributed by atoms with Crippen LogP contribution in [0.25, 0.3) is 0 Å². The number of thiophene rings is 2. The topological polar surface area (TPSA) is 66.4 Å². The number of rotatable bonds is 5. The molecule has 2 aromatic rings. The van der Waals surface area contributed by atoms with Gasteiger partial charge < -0.3 is 5.11 Å². The minimum atomic E-state index is -3.57. The molecule has 1 atom stereocenters. The van der Waals surface area contributed by atoms with Crippen LogP contribution in [0.5, 0.6) is 0 Å². The Labute approximate surface area is 127 Å². The minimum absolute atomic E-state index is 0.0535. The van der Waals surface area contributed by atoms with E-state index in [1.807, 2.05) is 24.6 Å². The van der Waals surface area contributed by atoms with Gasteiger partial charge in [-0.25, -0.2) is 13.1 Å². The van der Waals surface area contributed by atoms with Gasteiger partial charge in [0.05, 0.1) is 0 Å². The average Bonchev–Trinajstić information content (AvgIpc) is 2.99. The van der Waals surface area contributed by atoms with Crippen molar-refractivity contribution in [2.24, 2.45) is 0 Å². The third-order valence-electron chi connectivity index (χ3n) is 3.16. The lowest BCUT2D eigenvalue weighted by molar-refractivity contribution is 0.0632. The SMILES string of the molecule is Cc1cc(S(=O)(=O)NCC(C)(O)c2ccsc2)sc1C. The summed E-state index contributed by atoms with van der Waals surface area (Å²) in [6.45, 7) is 5.32. The lowest BCUT2D eigenvalue weighted by atomic mass is 10.0. The van der Waals surface area contributed by atoms with Crippen LogP contribution in [-0.2, 0) is 15.6 Å². The molecule has 0 bridgehead atoms. The van der Waals surface area contributed by atoms with E-state index in [-0.39, 0.29) is 10.8 Å². The largest absolute Gasteiger partial charge is 0.384 e. The second-order valence-electron chi connectivity index (χ2n) is 4.92. The van der Waals surface area contributed by atoms with Gasteiger partial charge in [-0.3, -0.25) is 0 Å². The van der Waals surface area contributed by atoms with E-state index < -0.39 is 15.6 Å². The van der Waals surface area contributed by atoms with Gasteiger partial charge in [0.2, 0.25) is 10.0 Å². The lowest BCUT2D eigenvalue weighted by Gasteiger charge is -2.22. The molecule has 0 radical (unpaired) electrons. The summed E-state index contributed by atoms with van der Waals surface area (Å²) in [4.78, 5) is 0.981. The van der Waals surface area contributed by atoms with Crippen LogP contribution in [0.1, 0.15) is 22.9 Å². The molecule has 2 heterocycles. The Morgan fingerprint density at radius 1 is 1.40 bits per heavy atom. The van der Waals surface area contributed by atoms with E-state index >= 15 is 0 Å². The molecule has 0 aromatic carbocycles. The van der Waals surface area contributed by atoms with Gasteiger partial charge >= 0.3 is 0 Å². The molecule has 0 saturated heterocycles. The van der Waals surface area contributed by atoms with Crippen molar-refractivity contribution in [1.82, 2.24) is 4.72 Å². The van der Waals surface area contributed by atoms with E-state index in [0.29, 0.717) is 5.56 Å². The maximum Gasteiger partial charge on any atom is 0.250 e. The highest BCUT2D eigenvalue weighted by Crippen LogP contribution is 2.26. The van der Waals surface area contributed by atoms with Gasteiger partial charge in [0.15, 0.2) is 0 Å². The molecule has 7 heteroatoms. The maximum absolute atomic E-state index is 12.2. The summed E-state index contributed by atoms with van der Waals surface area (Å²) in [5, 5.41) is 14.0. The lowest BCUT2D eigenvalue weighted by Crippen LogP contribution is -2.38. The molecule has 4 nitrogen and oxygen atoms in total. The first-order chi connectivity index (χ1) is 9.22. The van der Waals surface area contributed by atoms with Crippen molar-refractivity contribution < 1.29 is 13.5 Å². The zero-order chi connectivity index (χ0) is 15.0. The molecule has 0 fully saturated rings. The molecule has 0 aliphatic rings. The van der Waals surface area contributed by atoms with Gasteiger partial charge in [0.25, 0.3) is 0 Å². The van der Waals surface area contributed by atoms with Crippen LogP contribution in [-0.4, -0.2) is 20.1 Å². The summed E-state index contributed by atoms with van der Waals surface area (Å²) >= 11 is 2.71. The highest BCUT2D eigenvalue weighted by Gasteiger charge is 2.27. The van der Waals surface area contributed by atoms with Crippen LogP contribution < -0.4 is 4.72 Å². The molecule has 0 saturated carbocycles. The number of aryl methyl sites for hydroxylation is 2. The molecule has 1 unspecified atom stereocenters. The predicted molar refractivity (Wildman–Crippen MR) is 82.9 cm³/mol. The van der Waals surface area contributed by atoms with Crippen molar-refractivity contribution in [2.75, 3.05) is 6.54 Å². The molecule has 20 heavy (non-hydrogen) atoms. The summed E-state index contributed by atoms with van der Waals surface area (Å²) in [6.07, 6.45) is 0. The van der Waals surface area contributed by atoms with Crippen molar-refractivity contribution in [2.45, 2.75) is 30.6 Å². The van der Waals surface area contributed by atoms with E-state index in [4.69, 9.17) is 0 Å². The second-order valence-corrected chi connectivity index (χ2v) is 8.95. The molecular formula is C13H17NO3S3. The Hall–Kier alpha value is -0.730. The zero-order valence-corrected chi connectivity index (χ0v) is 14.0. The molecule has 2 rings (SSSR count).